The van der Waals surface area contributed by atoms with Gasteiger partial charge in [0.05, 0.1) is 19.8 Å². The van der Waals surface area contributed by atoms with Gasteiger partial charge in [0.15, 0.2) is 0 Å². The zero-order valence-electron chi connectivity index (χ0n) is 12.3. The number of rotatable bonds is 5. The van der Waals surface area contributed by atoms with Gasteiger partial charge in [0.25, 0.3) is 0 Å². The van der Waals surface area contributed by atoms with Gasteiger partial charge in [0, 0.05) is 36.8 Å². The second-order valence-electron chi connectivity index (χ2n) is 5.16. The van der Waals surface area contributed by atoms with Crippen molar-refractivity contribution < 1.29 is 9.53 Å². The number of aromatic nitrogens is 1. The molecule has 116 valence electrons. The highest BCUT2D eigenvalue weighted by Gasteiger charge is 2.14. The molecule has 2 aromatic rings. The molecule has 1 amide bonds. The molecule has 1 saturated heterocycles. The van der Waals surface area contributed by atoms with Crippen LogP contribution in [-0.4, -0.2) is 48.6 Å². The molecule has 0 aliphatic carbocycles. The van der Waals surface area contributed by atoms with Crippen molar-refractivity contribution in [2.75, 3.05) is 32.8 Å². The van der Waals surface area contributed by atoms with Gasteiger partial charge in [0.1, 0.15) is 5.01 Å². The molecule has 6 heteroatoms. The number of carbonyl (C=O) groups excluding carboxylic acids is 1. The number of nitrogens with one attached hydrogen (secondary N) is 1. The van der Waals surface area contributed by atoms with Gasteiger partial charge in [0.2, 0.25) is 5.91 Å². The average Bonchev–Trinajstić information content (AvgIpc) is 3.08. The van der Waals surface area contributed by atoms with E-state index in [0.29, 0.717) is 26.3 Å². The maximum atomic E-state index is 12.1. The Balaban J connectivity index is 1.58. The van der Waals surface area contributed by atoms with E-state index in [1.54, 1.807) is 17.5 Å². The minimum absolute atomic E-state index is 0.0517. The van der Waals surface area contributed by atoms with E-state index in [1.807, 2.05) is 29.6 Å². The molecule has 1 aliphatic heterocycles. The van der Waals surface area contributed by atoms with Crippen LogP contribution in [0.4, 0.5) is 0 Å². The van der Waals surface area contributed by atoms with Crippen LogP contribution in [0.15, 0.2) is 35.8 Å². The summed E-state index contributed by atoms with van der Waals surface area (Å²) >= 11 is 1.61. The van der Waals surface area contributed by atoms with Gasteiger partial charge in [-0.2, -0.15) is 0 Å². The molecule has 0 radical (unpaired) electrons. The number of amides is 1. The fourth-order valence-electron chi connectivity index (χ4n) is 2.45. The minimum atomic E-state index is 0.0517. The van der Waals surface area contributed by atoms with Gasteiger partial charge in [-0.25, -0.2) is 4.98 Å². The van der Waals surface area contributed by atoms with E-state index in [2.05, 4.69) is 15.2 Å². The predicted octanol–water partition coefficient (Wildman–Crippen LogP) is 1.76. The van der Waals surface area contributed by atoms with Crippen LogP contribution in [0, 0.1) is 0 Å². The third-order valence-electron chi connectivity index (χ3n) is 3.63. The largest absolute Gasteiger partial charge is 0.379 e. The molecule has 3 rings (SSSR count). The highest BCUT2D eigenvalue weighted by atomic mass is 32.1. The van der Waals surface area contributed by atoms with Crippen LogP contribution in [0.2, 0.25) is 0 Å². The summed E-state index contributed by atoms with van der Waals surface area (Å²) in [4.78, 5) is 18.5. The topological polar surface area (TPSA) is 54.5 Å². The van der Waals surface area contributed by atoms with Gasteiger partial charge < -0.3 is 10.1 Å². The Bertz CT molecular complexity index is 610. The summed E-state index contributed by atoms with van der Waals surface area (Å²) in [6.07, 6.45) is 1.80. The summed E-state index contributed by atoms with van der Waals surface area (Å²) in [7, 11) is 0. The second kappa shape index (κ2) is 7.49. The quantitative estimate of drug-likeness (QED) is 0.913. The standard InChI is InChI=1S/C16H19N3O2S/c20-15(12-19-6-8-21-9-7-19)18-11-13-3-1-2-4-14(13)16-17-5-10-22-16/h1-5,10H,6-9,11-12H2,(H,18,20). The smallest absolute Gasteiger partial charge is 0.234 e. The lowest BCUT2D eigenvalue weighted by molar-refractivity contribution is -0.123. The first-order valence-corrected chi connectivity index (χ1v) is 8.25. The van der Waals surface area contributed by atoms with Crippen molar-refractivity contribution in [1.29, 1.82) is 0 Å². The maximum absolute atomic E-state index is 12.1. The lowest BCUT2D eigenvalue weighted by atomic mass is 10.1. The molecule has 1 aromatic carbocycles. The van der Waals surface area contributed by atoms with Crippen LogP contribution in [-0.2, 0) is 16.1 Å². The van der Waals surface area contributed by atoms with Gasteiger partial charge >= 0.3 is 0 Å². The van der Waals surface area contributed by atoms with Crippen molar-refractivity contribution in [2.45, 2.75) is 6.54 Å². The zero-order valence-corrected chi connectivity index (χ0v) is 13.1. The molecule has 0 unspecified atom stereocenters. The highest BCUT2D eigenvalue weighted by Crippen LogP contribution is 2.25. The molecule has 22 heavy (non-hydrogen) atoms. The first kappa shape index (κ1) is 15.1. The minimum Gasteiger partial charge on any atom is -0.379 e. The number of carbonyl (C=O) groups is 1. The molecule has 0 spiro atoms. The monoisotopic (exact) mass is 317 g/mol. The molecule has 0 bridgehead atoms. The molecule has 1 aromatic heterocycles. The van der Waals surface area contributed by atoms with Crippen molar-refractivity contribution in [2.24, 2.45) is 0 Å². The summed E-state index contributed by atoms with van der Waals surface area (Å²) in [5, 5.41) is 5.95. The summed E-state index contributed by atoms with van der Waals surface area (Å²) in [6, 6.07) is 8.06. The summed E-state index contributed by atoms with van der Waals surface area (Å²) in [5.41, 5.74) is 2.18. The Labute approximate surface area is 133 Å². The van der Waals surface area contributed by atoms with Crippen LogP contribution >= 0.6 is 11.3 Å². The average molecular weight is 317 g/mol. The molecule has 2 heterocycles. The third-order valence-corrected chi connectivity index (χ3v) is 4.43. The normalized spacial score (nSPS) is 15.6. The number of hydrogen-bond donors (Lipinski definition) is 1. The fourth-order valence-corrected chi connectivity index (χ4v) is 3.15. The first-order chi connectivity index (χ1) is 10.8. The van der Waals surface area contributed by atoms with E-state index in [0.717, 1.165) is 29.2 Å². The Morgan fingerprint density at radius 3 is 2.91 bits per heavy atom. The van der Waals surface area contributed by atoms with Gasteiger partial charge in [-0.15, -0.1) is 11.3 Å². The molecule has 1 aliphatic rings. The Hall–Kier alpha value is -1.76. The molecule has 1 N–H and O–H groups in total. The zero-order chi connectivity index (χ0) is 15.2. The van der Waals surface area contributed by atoms with Crippen LogP contribution in [0.3, 0.4) is 0 Å². The van der Waals surface area contributed by atoms with E-state index in [1.165, 1.54) is 0 Å². The van der Waals surface area contributed by atoms with Gasteiger partial charge in [-0.3, -0.25) is 9.69 Å². The Morgan fingerprint density at radius 2 is 2.14 bits per heavy atom. The number of benzene rings is 1. The summed E-state index contributed by atoms with van der Waals surface area (Å²) in [5.74, 6) is 0.0517. The summed E-state index contributed by atoms with van der Waals surface area (Å²) in [6.45, 7) is 4.02. The summed E-state index contributed by atoms with van der Waals surface area (Å²) < 4.78 is 5.29. The number of nitrogens with zero attached hydrogens (tertiary/aromatic N) is 2. The third kappa shape index (κ3) is 3.91. The van der Waals surface area contributed by atoms with Gasteiger partial charge in [-0.05, 0) is 5.56 Å². The van der Waals surface area contributed by atoms with Crippen molar-refractivity contribution in [3.8, 4) is 10.6 Å². The first-order valence-electron chi connectivity index (χ1n) is 7.37. The van der Waals surface area contributed by atoms with E-state index in [4.69, 9.17) is 4.74 Å². The number of ether oxygens (including phenoxy) is 1. The predicted molar refractivity (Wildman–Crippen MR) is 86.7 cm³/mol. The van der Waals surface area contributed by atoms with Crippen molar-refractivity contribution in [3.63, 3.8) is 0 Å². The molecule has 5 nitrogen and oxygen atoms in total. The van der Waals surface area contributed by atoms with Crippen LogP contribution < -0.4 is 5.32 Å². The molecule has 0 atom stereocenters. The number of hydrogen-bond acceptors (Lipinski definition) is 5. The number of morpholine rings is 1. The van der Waals surface area contributed by atoms with Crippen LogP contribution in [0.5, 0.6) is 0 Å². The molecule has 0 saturated carbocycles. The van der Waals surface area contributed by atoms with Crippen molar-refractivity contribution in [1.82, 2.24) is 15.2 Å². The van der Waals surface area contributed by atoms with E-state index in [-0.39, 0.29) is 5.91 Å². The Morgan fingerprint density at radius 1 is 1.32 bits per heavy atom. The molecular weight excluding hydrogens is 298 g/mol. The van der Waals surface area contributed by atoms with Crippen molar-refractivity contribution in [3.05, 3.63) is 41.4 Å². The highest BCUT2D eigenvalue weighted by molar-refractivity contribution is 7.13. The maximum Gasteiger partial charge on any atom is 0.234 e. The molecular formula is C16H19N3O2S. The van der Waals surface area contributed by atoms with Crippen molar-refractivity contribution >= 4 is 17.2 Å². The van der Waals surface area contributed by atoms with Gasteiger partial charge in [-0.1, -0.05) is 24.3 Å². The lowest BCUT2D eigenvalue weighted by Crippen LogP contribution is -2.43. The lowest BCUT2D eigenvalue weighted by Gasteiger charge is -2.25. The number of thiazole rings is 1. The van der Waals surface area contributed by atoms with Crippen LogP contribution in [0.25, 0.3) is 10.6 Å². The Kier molecular flexibility index (Phi) is 5.15. The fraction of sp³-hybridized carbons (Fsp3) is 0.375. The van der Waals surface area contributed by atoms with E-state index >= 15 is 0 Å². The second-order valence-corrected chi connectivity index (χ2v) is 6.05. The van der Waals surface area contributed by atoms with Crippen LogP contribution in [0.1, 0.15) is 5.56 Å². The SMILES string of the molecule is O=C(CN1CCOCC1)NCc1ccccc1-c1nccs1. The van der Waals surface area contributed by atoms with E-state index in [9.17, 15) is 4.79 Å². The van der Waals surface area contributed by atoms with E-state index < -0.39 is 0 Å². The molecule has 1 fully saturated rings.